The van der Waals surface area contributed by atoms with Gasteiger partial charge >= 0.3 is 0 Å². The minimum Gasteiger partial charge on any atom is -0.382 e. The van der Waals surface area contributed by atoms with Crippen LogP contribution in [0.4, 0.5) is 22.0 Å². The maximum atomic E-state index is 12.0. The van der Waals surface area contributed by atoms with Crippen molar-refractivity contribution < 1.29 is 4.39 Å². The molecule has 7 nitrogen and oxygen atoms in total. The molecule has 0 aliphatic heterocycles. The number of nitrogens with two attached hydrogens (primary N) is 3. The molecule has 2 aliphatic carbocycles. The number of hydrogen-bond acceptors (Lipinski definition) is 7. The Morgan fingerprint density at radius 1 is 1.00 bits per heavy atom. The Labute approximate surface area is 112 Å². The van der Waals surface area contributed by atoms with Gasteiger partial charge in [0.05, 0.1) is 6.20 Å². The fourth-order valence-electron chi connectivity index (χ4n) is 1.70. The summed E-state index contributed by atoms with van der Waals surface area (Å²) in [5, 5.41) is 1.87. The lowest BCUT2D eigenvalue weighted by Gasteiger charge is -2.00. The summed E-state index contributed by atoms with van der Waals surface area (Å²) in [6.45, 7) is 0. The highest BCUT2D eigenvalue weighted by atomic mass is 19.1. The lowest BCUT2D eigenvalue weighted by molar-refractivity contribution is 0.605. The first-order valence-electron chi connectivity index (χ1n) is 5.66. The van der Waals surface area contributed by atoms with E-state index in [0.29, 0.717) is 11.2 Å². The van der Waals surface area contributed by atoms with Gasteiger partial charge in [0, 0.05) is 5.22 Å². The number of anilines is 3. The van der Waals surface area contributed by atoms with Gasteiger partial charge in [-0.05, 0) is 11.3 Å². The minimum atomic E-state index is -0.0579. The van der Waals surface area contributed by atoms with Crippen molar-refractivity contribution in [3.63, 3.8) is 0 Å². The number of fused-ring (bicyclic) bond motifs is 1. The molecule has 0 saturated heterocycles. The zero-order chi connectivity index (χ0) is 14.3. The molecule has 0 aromatic carbocycles. The highest BCUT2D eigenvalue weighted by Crippen LogP contribution is 2.14. The van der Waals surface area contributed by atoms with Gasteiger partial charge in [0.15, 0.2) is 17.0 Å². The standard InChI is InChI=1S/C6H3F.C6H7N7/c7-6-3-4-1-2-5(4)6;7-2-1-10-3-4(8)12-6(9)13-5(3)11-2/h1-3H;1H,(H6,7,8,9,11,12,13). The van der Waals surface area contributed by atoms with Gasteiger partial charge in [-0.2, -0.15) is 9.97 Å². The van der Waals surface area contributed by atoms with Crippen molar-refractivity contribution in [2.45, 2.75) is 0 Å². The van der Waals surface area contributed by atoms with Gasteiger partial charge in [-0.25, -0.2) is 14.4 Å². The lowest BCUT2D eigenvalue weighted by Crippen LogP contribution is -2.04. The van der Waals surface area contributed by atoms with Crippen molar-refractivity contribution in [3.8, 4) is 0 Å². The van der Waals surface area contributed by atoms with E-state index in [0.717, 1.165) is 10.4 Å². The molecule has 0 bridgehead atoms. The molecule has 0 fully saturated rings. The second kappa shape index (κ2) is 4.26. The Morgan fingerprint density at radius 3 is 2.30 bits per heavy atom. The number of hydrogen-bond donors (Lipinski definition) is 3. The Kier molecular flexibility index (Phi) is 2.56. The van der Waals surface area contributed by atoms with E-state index in [2.05, 4.69) is 19.9 Å². The molecule has 0 radical (unpaired) electrons. The van der Waals surface area contributed by atoms with E-state index >= 15 is 0 Å². The molecule has 0 atom stereocenters. The highest BCUT2D eigenvalue weighted by molar-refractivity contribution is 5.82. The third-order valence-electron chi connectivity index (χ3n) is 2.75. The highest BCUT2D eigenvalue weighted by Gasteiger charge is 2.05. The first kappa shape index (κ1) is 12.0. The second-order valence-corrected chi connectivity index (χ2v) is 4.13. The van der Waals surface area contributed by atoms with E-state index in [4.69, 9.17) is 17.2 Å². The summed E-state index contributed by atoms with van der Waals surface area (Å²) in [7, 11) is 0. The Hall–Kier alpha value is -3.03. The van der Waals surface area contributed by atoms with Crippen LogP contribution in [0.3, 0.4) is 0 Å². The number of aromatic nitrogens is 4. The third-order valence-corrected chi connectivity index (χ3v) is 2.75. The number of halogens is 1. The van der Waals surface area contributed by atoms with Crippen molar-refractivity contribution in [2.24, 2.45) is 0 Å². The molecule has 4 rings (SSSR count). The smallest absolute Gasteiger partial charge is 0.224 e. The molecule has 6 N–H and O–H groups in total. The predicted octanol–water partition coefficient (Wildman–Crippen LogP) is 0.592. The summed E-state index contributed by atoms with van der Waals surface area (Å²) < 4.78 is 12.0. The van der Waals surface area contributed by atoms with Gasteiger partial charge in [0.2, 0.25) is 5.95 Å². The van der Waals surface area contributed by atoms with Gasteiger partial charge in [-0.1, -0.05) is 12.1 Å². The van der Waals surface area contributed by atoms with Crippen LogP contribution in [0.5, 0.6) is 0 Å². The summed E-state index contributed by atoms with van der Waals surface area (Å²) >= 11 is 0. The number of nitrogens with zero attached hydrogens (tertiary/aromatic N) is 4. The van der Waals surface area contributed by atoms with Gasteiger partial charge in [-0.3, -0.25) is 0 Å². The van der Waals surface area contributed by atoms with E-state index in [-0.39, 0.29) is 23.4 Å². The van der Waals surface area contributed by atoms with E-state index in [1.54, 1.807) is 6.07 Å². The van der Waals surface area contributed by atoms with E-state index < -0.39 is 0 Å². The summed E-state index contributed by atoms with van der Waals surface area (Å²) in [6, 6.07) is 5.22. The molecule has 100 valence electrons. The largest absolute Gasteiger partial charge is 0.382 e. The molecule has 2 heterocycles. The van der Waals surface area contributed by atoms with Crippen LogP contribution in [0.2, 0.25) is 0 Å². The monoisotopic (exact) mass is 271 g/mol. The van der Waals surface area contributed by atoms with Gasteiger partial charge < -0.3 is 17.2 Å². The summed E-state index contributed by atoms with van der Waals surface area (Å²) in [5.41, 5.74) is 17.0. The van der Waals surface area contributed by atoms with Crippen molar-refractivity contribution in [3.05, 3.63) is 40.7 Å². The van der Waals surface area contributed by atoms with Crippen LogP contribution in [0, 0.1) is 16.3 Å². The minimum absolute atomic E-state index is 0.0579. The van der Waals surface area contributed by atoms with Crippen LogP contribution in [0.25, 0.3) is 11.2 Å². The molecule has 8 heteroatoms. The molecule has 0 amide bonds. The molecular formula is C12H10FN7. The lowest BCUT2D eigenvalue weighted by atomic mass is 10.1. The van der Waals surface area contributed by atoms with Crippen LogP contribution in [0.15, 0.2) is 24.4 Å². The number of benzene rings is 1. The van der Waals surface area contributed by atoms with Crippen LogP contribution in [-0.2, 0) is 0 Å². The average Bonchev–Trinajstić information content (AvgIpc) is 2.35. The van der Waals surface area contributed by atoms with Crippen molar-refractivity contribution in [1.29, 1.82) is 0 Å². The second-order valence-electron chi connectivity index (χ2n) is 4.13. The number of rotatable bonds is 0. The molecule has 20 heavy (non-hydrogen) atoms. The maximum absolute atomic E-state index is 12.0. The van der Waals surface area contributed by atoms with E-state index in [9.17, 15) is 4.39 Å². The summed E-state index contributed by atoms with van der Waals surface area (Å²) in [6.07, 6.45) is 1.39. The zero-order valence-corrected chi connectivity index (χ0v) is 10.2. The predicted molar refractivity (Wildman–Crippen MR) is 72.4 cm³/mol. The maximum Gasteiger partial charge on any atom is 0.224 e. The molecule has 2 aliphatic rings. The van der Waals surface area contributed by atoms with Crippen LogP contribution in [-0.4, -0.2) is 19.9 Å². The van der Waals surface area contributed by atoms with Gasteiger partial charge in [0.1, 0.15) is 11.6 Å². The SMILES string of the molecule is Fc1cc2ccc1=2.Nc1cnc2c(N)nc(N)nc2n1. The number of nitrogen functional groups attached to an aromatic ring is 3. The van der Waals surface area contributed by atoms with E-state index in [1.807, 2.05) is 6.07 Å². The fourth-order valence-corrected chi connectivity index (χ4v) is 1.70. The Morgan fingerprint density at radius 2 is 1.80 bits per heavy atom. The molecule has 0 spiro atoms. The van der Waals surface area contributed by atoms with Crippen molar-refractivity contribution in [2.75, 3.05) is 17.2 Å². The quantitative estimate of drug-likeness (QED) is 0.426. The molecule has 0 unspecified atom stereocenters. The zero-order valence-electron chi connectivity index (χ0n) is 10.2. The molecule has 2 aromatic heterocycles. The first-order valence-corrected chi connectivity index (χ1v) is 5.66. The van der Waals surface area contributed by atoms with Crippen molar-refractivity contribution >= 4 is 28.7 Å². The average molecular weight is 271 g/mol. The third kappa shape index (κ3) is 1.92. The fraction of sp³-hybridized carbons (Fsp3) is 0. The Balaban J connectivity index is 0.000000144. The molecular weight excluding hydrogens is 261 g/mol. The Bertz CT molecular complexity index is 904. The molecule has 0 saturated carbocycles. The van der Waals surface area contributed by atoms with E-state index in [1.165, 1.54) is 12.3 Å². The van der Waals surface area contributed by atoms with Crippen LogP contribution < -0.4 is 17.2 Å². The van der Waals surface area contributed by atoms with Gasteiger partial charge in [-0.15, -0.1) is 0 Å². The normalized spacial score (nSPS) is 10.8. The van der Waals surface area contributed by atoms with Crippen LogP contribution in [0.1, 0.15) is 0 Å². The van der Waals surface area contributed by atoms with Crippen LogP contribution >= 0.6 is 0 Å². The van der Waals surface area contributed by atoms with Gasteiger partial charge in [0.25, 0.3) is 0 Å². The van der Waals surface area contributed by atoms with Crippen molar-refractivity contribution in [1.82, 2.24) is 19.9 Å². The summed E-state index contributed by atoms with van der Waals surface area (Å²) in [5.74, 6) is 0.474. The summed E-state index contributed by atoms with van der Waals surface area (Å²) in [4.78, 5) is 15.4. The first-order chi connectivity index (χ1) is 9.54. The topological polar surface area (TPSA) is 130 Å². The molecule has 2 aromatic rings.